The maximum absolute atomic E-state index is 12.3. The van der Waals surface area contributed by atoms with Crippen LogP contribution in [0.2, 0.25) is 0 Å². The molecule has 1 rings (SSSR count). The average Bonchev–Trinajstić information content (AvgIpc) is 2.53. The quantitative estimate of drug-likeness (QED) is 0.612. The van der Waals surface area contributed by atoms with Gasteiger partial charge in [-0.25, -0.2) is 0 Å². The molecule has 1 unspecified atom stereocenters. The van der Waals surface area contributed by atoms with Gasteiger partial charge in [-0.3, -0.25) is 9.59 Å². The third-order valence-electron chi connectivity index (χ3n) is 3.78. The Kier molecular flexibility index (Phi) is 8.33. The minimum atomic E-state index is -0.178. The van der Waals surface area contributed by atoms with Crippen molar-refractivity contribution in [2.24, 2.45) is 11.8 Å². The summed E-state index contributed by atoms with van der Waals surface area (Å²) in [7, 11) is 0. The minimum Gasteiger partial charge on any atom is -0.396 e. The van der Waals surface area contributed by atoms with Crippen LogP contribution in [0.15, 0.2) is 24.3 Å². The molecule has 1 atom stereocenters. The molecular weight excluding hydrogens is 292 g/mol. The highest BCUT2D eigenvalue weighted by Gasteiger charge is 2.21. The molecular formula is C18H28N2O3. The number of benzene rings is 1. The fraction of sp³-hybridized carbons (Fsp3) is 0.556. The molecule has 0 aliphatic rings. The molecule has 0 saturated heterocycles. The van der Waals surface area contributed by atoms with Crippen LogP contribution >= 0.6 is 0 Å². The van der Waals surface area contributed by atoms with Gasteiger partial charge in [-0.15, -0.1) is 0 Å². The molecule has 0 fully saturated rings. The molecule has 23 heavy (non-hydrogen) atoms. The number of amides is 2. The van der Waals surface area contributed by atoms with Crippen molar-refractivity contribution in [3.8, 4) is 0 Å². The van der Waals surface area contributed by atoms with E-state index in [-0.39, 0.29) is 24.3 Å². The second-order valence-electron chi connectivity index (χ2n) is 6.04. The van der Waals surface area contributed by atoms with E-state index in [1.54, 1.807) is 24.3 Å². The van der Waals surface area contributed by atoms with Crippen molar-refractivity contribution in [2.75, 3.05) is 18.5 Å². The van der Waals surface area contributed by atoms with E-state index in [1.165, 1.54) is 0 Å². The smallest absolute Gasteiger partial charge is 0.251 e. The number of anilines is 1. The summed E-state index contributed by atoms with van der Waals surface area (Å²) in [5.74, 6) is 0.150. The number of rotatable bonds is 9. The van der Waals surface area contributed by atoms with Crippen LogP contribution in [0.4, 0.5) is 5.69 Å². The molecule has 0 spiro atoms. The van der Waals surface area contributed by atoms with Crippen LogP contribution in [0.3, 0.4) is 0 Å². The van der Waals surface area contributed by atoms with Crippen molar-refractivity contribution in [3.63, 3.8) is 0 Å². The van der Waals surface area contributed by atoms with Crippen molar-refractivity contribution in [1.29, 1.82) is 0 Å². The zero-order valence-corrected chi connectivity index (χ0v) is 14.3. The predicted octanol–water partition coefficient (Wildman–Crippen LogP) is 2.81. The van der Waals surface area contributed by atoms with Crippen molar-refractivity contribution < 1.29 is 14.7 Å². The largest absolute Gasteiger partial charge is 0.396 e. The second kappa shape index (κ2) is 10.0. The molecule has 0 bridgehead atoms. The Balaban J connectivity index is 2.62. The van der Waals surface area contributed by atoms with Crippen LogP contribution in [-0.4, -0.2) is 30.1 Å². The van der Waals surface area contributed by atoms with Crippen LogP contribution in [0, 0.1) is 11.8 Å². The number of aliphatic hydroxyl groups is 1. The number of hydrogen-bond donors (Lipinski definition) is 3. The number of carbonyl (C=O) groups is 2. The zero-order valence-electron chi connectivity index (χ0n) is 14.3. The Hall–Kier alpha value is -1.88. The van der Waals surface area contributed by atoms with Crippen molar-refractivity contribution in [3.05, 3.63) is 29.8 Å². The van der Waals surface area contributed by atoms with E-state index in [1.807, 2.05) is 0 Å². The molecule has 3 N–H and O–H groups in total. The number of aliphatic hydroxyl groups excluding tert-OH is 1. The Morgan fingerprint density at radius 3 is 2.35 bits per heavy atom. The molecule has 0 heterocycles. The van der Waals surface area contributed by atoms with Crippen molar-refractivity contribution in [2.45, 2.75) is 40.0 Å². The lowest BCUT2D eigenvalue weighted by Crippen LogP contribution is -2.27. The van der Waals surface area contributed by atoms with Crippen LogP contribution in [0.5, 0.6) is 0 Å². The summed E-state index contributed by atoms with van der Waals surface area (Å²) in [6.45, 7) is 6.69. The maximum atomic E-state index is 12.3. The molecule has 0 aliphatic carbocycles. The summed E-state index contributed by atoms with van der Waals surface area (Å²) in [4.78, 5) is 24.2. The van der Waals surface area contributed by atoms with E-state index in [4.69, 9.17) is 5.11 Å². The van der Waals surface area contributed by atoms with Crippen LogP contribution < -0.4 is 10.6 Å². The lowest BCUT2D eigenvalue weighted by atomic mass is 9.90. The molecule has 0 aliphatic heterocycles. The van der Waals surface area contributed by atoms with E-state index < -0.39 is 0 Å². The van der Waals surface area contributed by atoms with Gasteiger partial charge >= 0.3 is 0 Å². The molecule has 2 amide bonds. The summed E-state index contributed by atoms with van der Waals surface area (Å²) < 4.78 is 0. The first-order chi connectivity index (χ1) is 11.0. The van der Waals surface area contributed by atoms with Gasteiger partial charge in [0.25, 0.3) is 5.91 Å². The van der Waals surface area contributed by atoms with Crippen molar-refractivity contribution >= 4 is 17.5 Å². The molecule has 1 aromatic carbocycles. The molecule has 128 valence electrons. The molecule has 0 aromatic heterocycles. The first-order valence-electron chi connectivity index (χ1n) is 8.29. The van der Waals surface area contributed by atoms with Gasteiger partial charge in [-0.2, -0.15) is 0 Å². The molecule has 5 nitrogen and oxygen atoms in total. The standard InChI is InChI=1S/C18H28N2O3/c1-4-6-16(13(2)3)18(23)20-15-9-7-14(8-10-15)17(22)19-11-5-12-21/h7-10,13,16,21H,4-6,11-12H2,1-3H3,(H,19,22)(H,20,23). The third-order valence-corrected chi connectivity index (χ3v) is 3.78. The minimum absolute atomic E-state index is 0.00135. The third kappa shape index (κ3) is 6.40. The fourth-order valence-corrected chi connectivity index (χ4v) is 2.40. The van der Waals surface area contributed by atoms with Crippen molar-refractivity contribution in [1.82, 2.24) is 5.32 Å². The van der Waals surface area contributed by atoms with Crippen LogP contribution in [-0.2, 0) is 4.79 Å². The zero-order chi connectivity index (χ0) is 17.2. The molecule has 1 aromatic rings. The van der Waals surface area contributed by atoms with Gasteiger partial charge < -0.3 is 15.7 Å². The molecule has 0 radical (unpaired) electrons. The van der Waals surface area contributed by atoms with Gasteiger partial charge in [0, 0.05) is 30.3 Å². The Labute approximate surface area is 138 Å². The second-order valence-corrected chi connectivity index (χ2v) is 6.04. The van der Waals surface area contributed by atoms with E-state index in [2.05, 4.69) is 31.4 Å². The van der Waals surface area contributed by atoms with Gasteiger partial charge in [-0.05, 0) is 43.0 Å². The first kappa shape index (κ1) is 19.2. The molecule has 0 saturated carbocycles. The topological polar surface area (TPSA) is 78.4 Å². The van der Waals surface area contributed by atoms with E-state index in [0.717, 1.165) is 12.8 Å². The van der Waals surface area contributed by atoms with E-state index in [9.17, 15) is 9.59 Å². The fourth-order valence-electron chi connectivity index (χ4n) is 2.40. The van der Waals surface area contributed by atoms with Gasteiger partial charge in [0.1, 0.15) is 0 Å². The van der Waals surface area contributed by atoms with Gasteiger partial charge in [-0.1, -0.05) is 27.2 Å². The number of carbonyl (C=O) groups excluding carboxylic acids is 2. The summed E-state index contributed by atoms with van der Waals surface area (Å²) in [5, 5.41) is 14.3. The number of nitrogens with one attached hydrogen (secondary N) is 2. The van der Waals surface area contributed by atoms with E-state index in [0.29, 0.717) is 30.1 Å². The van der Waals surface area contributed by atoms with Gasteiger partial charge in [0.2, 0.25) is 5.91 Å². The predicted molar refractivity (Wildman–Crippen MR) is 92.3 cm³/mol. The Morgan fingerprint density at radius 1 is 1.17 bits per heavy atom. The monoisotopic (exact) mass is 320 g/mol. The normalized spacial score (nSPS) is 12.0. The van der Waals surface area contributed by atoms with Gasteiger partial charge in [0.05, 0.1) is 0 Å². The van der Waals surface area contributed by atoms with Gasteiger partial charge in [0.15, 0.2) is 0 Å². The Bertz CT molecular complexity index is 497. The lowest BCUT2D eigenvalue weighted by Gasteiger charge is -2.19. The lowest BCUT2D eigenvalue weighted by molar-refractivity contribution is -0.121. The number of hydrogen-bond acceptors (Lipinski definition) is 3. The van der Waals surface area contributed by atoms with Crippen LogP contribution in [0.1, 0.15) is 50.4 Å². The first-order valence-corrected chi connectivity index (χ1v) is 8.29. The highest BCUT2D eigenvalue weighted by Crippen LogP contribution is 2.20. The highest BCUT2D eigenvalue weighted by atomic mass is 16.3. The van der Waals surface area contributed by atoms with E-state index >= 15 is 0 Å². The SMILES string of the molecule is CCCC(C(=O)Nc1ccc(C(=O)NCCCO)cc1)C(C)C. The Morgan fingerprint density at radius 2 is 1.83 bits per heavy atom. The average molecular weight is 320 g/mol. The maximum Gasteiger partial charge on any atom is 0.251 e. The summed E-state index contributed by atoms with van der Waals surface area (Å²) >= 11 is 0. The summed E-state index contributed by atoms with van der Waals surface area (Å²) in [5.41, 5.74) is 1.23. The highest BCUT2D eigenvalue weighted by molar-refractivity contribution is 5.96. The summed E-state index contributed by atoms with van der Waals surface area (Å²) in [6, 6.07) is 6.85. The molecule has 5 heteroatoms. The summed E-state index contributed by atoms with van der Waals surface area (Å²) in [6.07, 6.45) is 2.38. The van der Waals surface area contributed by atoms with Crippen LogP contribution in [0.25, 0.3) is 0 Å².